The lowest BCUT2D eigenvalue weighted by molar-refractivity contribution is -0.274. The monoisotopic (exact) mass is 503 g/mol. The van der Waals surface area contributed by atoms with Gasteiger partial charge in [-0.15, -0.1) is 26.3 Å². The van der Waals surface area contributed by atoms with E-state index in [-0.39, 0.29) is 11.4 Å². The second kappa shape index (κ2) is 10.3. The van der Waals surface area contributed by atoms with Crippen molar-refractivity contribution in [3.8, 4) is 5.75 Å². The molecule has 0 radical (unpaired) electrons. The number of imidazole rings is 1. The second-order valence-electron chi connectivity index (χ2n) is 10.3. The van der Waals surface area contributed by atoms with Crippen LogP contribution < -0.4 is 4.74 Å². The van der Waals surface area contributed by atoms with E-state index in [0.717, 1.165) is 41.7 Å². The third-order valence-corrected chi connectivity index (χ3v) is 7.85. The van der Waals surface area contributed by atoms with Crippen molar-refractivity contribution in [2.45, 2.75) is 25.7 Å². The zero-order chi connectivity index (χ0) is 25.3. The molecule has 0 amide bonds. The highest BCUT2D eigenvalue weighted by molar-refractivity contribution is 5.84. The van der Waals surface area contributed by atoms with Crippen molar-refractivity contribution in [3.05, 3.63) is 65.5 Å². The summed E-state index contributed by atoms with van der Waals surface area (Å²) in [6, 6.07) is 6.13. The van der Waals surface area contributed by atoms with E-state index in [1.165, 1.54) is 57.1 Å². The number of benzene rings is 1. The first-order chi connectivity index (χ1) is 17.2. The van der Waals surface area contributed by atoms with Gasteiger partial charge in [-0.1, -0.05) is 35.8 Å². The van der Waals surface area contributed by atoms with Gasteiger partial charge in [-0.2, -0.15) is 0 Å². The number of hydrogen-bond acceptors (Lipinski definition) is 4. The summed E-state index contributed by atoms with van der Waals surface area (Å²) in [7, 11) is 0. The number of piperidine rings is 1. The van der Waals surface area contributed by atoms with Gasteiger partial charge in [0.15, 0.2) is 0 Å². The Hall–Kier alpha value is -2.85. The number of hydrogen-bond donors (Lipinski definition) is 2. The van der Waals surface area contributed by atoms with Crippen LogP contribution in [0.1, 0.15) is 28.9 Å². The Balaban J connectivity index is 0.000000286. The Kier molecular flexibility index (Phi) is 7.07. The van der Waals surface area contributed by atoms with E-state index in [1.807, 2.05) is 0 Å². The maximum absolute atomic E-state index is 12.3. The third kappa shape index (κ3) is 6.10. The van der Waals surface area contributed by atoms with Crippen molar-refractivity contribution in [1.29, 1.82) is 0 Å². The van der Waals surface area contributed by atoms with Gasteiger partial charge in [0.25, 0.3) is 0 Å². The lowest BCUT2D eigenvalue weighted by Gasteiger charge is -2.28. The number of halogens is 3. The molecule has 36 heavy (non-hydrogen) atoms. The maximum Gasteiger partial charge on any atom is 0.573 e. The highest BCUT2D eigenvalue weighted by atomic mass is 19.4. The molecule has 4 aliphatic rings. The van der Waals surface area contributed by atoms with Gasteiger partial charge in [0.2, 0.25) is 0 Å². The number of ether oxygens (including phenoxy) is 1. The first kappa shape index (κ1) is 24.8. The smallest absolute Gasteiger partial charge is 0.573 e. The molecule has 3 aliphatic carbocycles. The summed E-state index contributed by atoms with van der Waals surface area (Å²) in [5.41, 5.74) is 0.878. The number of nitrogens with zero attached hydrogens (tertiary/aromatic N) is 3. The Bertz CT molecular complexity index is 1060. The van der Waals surface area contributed by atoms with E-state index in [4.69, 9.17) is 5.11 Å². The van der Waals surface area contributed by atoms with Crippen molar-refractivity contribution in [3.63, 3.8) is 0 Å². The van der Waals surface area contributed by atoms with E-state index in [2.05, 4.69) is 37.1 Å². The number of carbonyl (C=O) groups is 1. The highest BCUT2D eigenvalue weighted by Gasteiger charge is 2.53. The van der Waals surface area contributed by atoms with Gasteiger partial charge in [-0.05, 0) is 54.6 Å². The molecule has 194 valence electrons. The van der Waals surface area contributed by atoms with Crippen LogP contribution in [-0.2, 0) is 6.54 Å². The van der Waals surface area contributed by atoms with Crippen LogP contribution in [0.4, 0.5) is 13.2 Å². The molecule has 10 heteroatoms. The predicted molar refractivity (Wildman–Crippen MR) is 126 cm³/mol. The van der Waals surface area contributed by atoms with Crippen LogP contribution in [0.5, 0.6) is 5.75 Å². The minimum atomic E-state index is -4.65. The number of allylic oxidation sites excluding steroid dienone is 2. The molecule has 7 nitrogen and oxygen atoms in total. The van der Waals surface area contributed by atoms with E-state index < -0.39 is 12.3 Å². The molecule has 2 N–H and O–H groups in total. The van der Waals surface area contributed by atoms with Crippen LogP contribution >= 0.6 is 0 Å². The van der Waals surface area contributed by atoms with Crippen molar-refractivity contribution in [2.75, 3.05) is 26.2 Å². The molecule has 2 saturated carbocycles. The average molecular weight is 504 g/mol. The molecule has 2 aromatic rings. The Morgan fingerprint density at radius 3 is 2.61 bits per heavy atom. The van der Waals surface area contributed by atoms with Crippen LogP contribution in [0.25, 0.3) is 5.32 Å². The van der Waals surface area contributed by atoms with Gasteiger partial charge in [0, 0.05) is 19.6 Å². The fourth-order valence-corrected chi connectivity index (χ4v) is 6.15. The normalized spacial score (nSPS) is 30.1. The van der Waals surface area contributed by atoms with Crippen molar-refractivity contribution in [1.82, 2.24) is 14.9 Å². The number of aromatic nitrogens is 2. The largest absolute Gasteiger partial charge is 0.658 e. The Labute approximate surface area is 207 Å². The van der Waals surface area contributed by atoms with Crippen molar-refractivity contribution < 1.29 is 27.8 Å². The summed E-state index contributed by atoms with van der Waals surface area (Å²) < 4.78 is 40.9. The molecule has 5 atom stereocenters. The first-order valence-corrected chi connectivity index (χ1v) is 12.4. The van der Waals surface area contributed by atoms with Crippen LogP contribution in [0.3, 0.4) is 0 Å². The standard InChI is InChI=1S/C22H26F3N2O.C4H4N2O2/c23-22(24,25)28-18-3-1-2-15(8-18)9-26-10-19-20-12-27(13-21(19)20)11-17-7-14-4-5-16(17)6-14;7-4(8)3-1-5-2-6-3/h1-5,8,14,16-17,19-21H,6-7,9-13H2;1-2H,(H,5,6)(H,7,8)/q-1;. The van der Waals surface area contributed by atoms with Crippen LogP contribution in [0.2, 0.25) is 0 Å². The van der Waals surface area contributed by atoms with Gasteiger partial charge in [0.1, 0.15) is 11.4 Å². The molecule has 1 aliphatic heterocycles. The summed E-state index contributed by atoms with van der Waals surface area (Å²) in [5, 5.41) is 12.8. The summed E-state index contributed by atoms with van der Waals surface area (Å²) >= 11 is 0. The molecule has 2 heterocycles. The average Bonchev–Trinajstić information content (AvgIpc) is 3.44. The van der Waals surface area contributed by atoms with Gasteiger partial charge in [-0.3, -0.25) is 0 Å². The lowest BCUT2D eigenvalue weighted by atomic mass is 9.93. The van der Waals surface area contributed by atoms with Crippen molar-refractivity contribution in [2.24, 2.45) is 35.5 Å². The lowest BCUT2D eigenvalue weighted by Crippen LogP contribution is -2.32. The van der Waals surface area contributed by atoms with E-state index >= 15 is 0 Å². The second-order valence-corrected chi connectivity index (χ2v) is 10.3. The van der Waals surface area contributed by atoms with Crippen LogP contribution in [0, 0.1) is 35.5 Å². The van der Waals surface area contributed by atoms with E-state index in [1.54, 1.807) is 12.1 Å². The predicted octanol–water partition coefficient (Wildman–Crippen LogP) is 4.96. The minimum Gasteiger partial charge on any atom is -0.658 e. The fraction of sp³-hybridized carbons (Fsp3) is 0.538. The van der Waals surface area contributed by atoms with Crippen molar-refractivity contribution >= 4 is 5.97 Å². The summed E-state index contributed by atoms with van der Waals surface area (Å²) in [6.45, 7) is 4.94. The maximum atomic E-state index is 12.3. The topological polar surface area (TPSA) is 92.6 Å². The van der Waals surface area contributed by atoms with Gasteiger partial charge in [-0.25, -0.2) is 9.78 Å². The van der Waals surface area contributed by atoms with Gasteiger partial charge in [0.05, 0.1) is 12.5 Å². The van der Waals surface area contributed by atoms with Crippen LogP contribution in [-0.4, -0.2) is 58.5 Å². The number of rotatable bonds is 8. The number of likely N-dealkylation sites (tertiary alicyclic amines) is 1. The highest BCUT2D eigenvalue weighted by Crippen LogP contribution is 2.53. The zero-order valence-corrected chi connectivity index (χ0v) is 19.8. The molecule has 1 aromatic heterocycles. The fourth-order valence-electron chi connectivity index (χ4n) is 6.15. The van der Waals surface area contributed by atoms with E-state index in [0.29, 0.717) is 12.5 Å². The van der Waals surface area contributed by atoms with E-state index in [9.17, 15) is 18.0 Å². The molecule has 6 rings (SSSR count). The number of carboxylic acids is 1. The molecule has 1 aromatic carbocycles. The Morgan fingerprint density at radius 1 is 1.22 bits per heavy atom. The molecule has 5 unspecified atom stereocenters. The molecule has 3 fully saturated rings. The zero-order valence-electron chi connectivity index (χ0n) is 19.8. The summed E-state index contributed by atoms with van der Waals surface area (Å²) in [4.78, 5) is 18.6. The molecule has 1 saturated heterocycles. The first-order valence-electron chi connectivity index (χ1n) is 12.4. The molecule has 0 spiro atoms. The number of alkyl halides is 3. The van der Waals surface area contributed by atoms with Gasteiger partial charge >= 0.3 is 12.3 Å². The number of H-pyrrole nitrogens is 1. The molecular weight excluding hydrogens is 473 g/mol. The molecule has 2 bridgehead atoms. The number of aromatic carboxylic acids is 1. The number of fused-ring (bicyclic) bond motifs is 3. The number of nitrogens with one attached hydrogen (secondary N) is 1. The van der Waals surface area contributed by atoms with Crippen LogP contribution in [0.15, 0.2) is 48.9 Å². The summed E-state index contributed by atoms with van der Waals surface area (Å²) in [5.74, 6) is 3.60. The quantitative estimate of drug-likeness (QED) is 0.497. The minimum absolute atomic E-state index is 0.116. The SMILES string of the molecule is FC(F)(F)Oc1cccc(C[N-]CC2C3CN(CC4CC5C=CC4C5)CC23)c1.O=C(O)c1cnc[nH]1. The third-order valence-electron chi connectivity index (χ3n) is 7.85. The molecular formula is C26H30F3N4O3-. The summed E-state index contributed by atoms with van der Waals surface area (Å²) in [6.07, 6.45) is 5.52. The van der Waals surface area contributed by atoms with Gasteiger partial charge < -0.3 is 25.0 Å². The number of aromatic amines is 1. The Morgan fingerprint density at radius 2 is 2.03 bits per heavy atom. The number of carboxylic acid groups (broad SMARTS) is 1.